The highest BCUT2D eigenvalue weighted by molar-refractivity contribution is 5.49. The number of aryl methyl sites for hydroxylation is 1. The van der Waals surface area contributed by atoms with Gasteiger partial charge in [0.1, 0.15) is 11.6 Å². The van der Waals surface area contributed by atoms with E-state index in [1.54, 1.807) is 0 Å². The Balaban J connectivity index is 1.58. The number of hydrogen-bond acceptors (Lipinski definition) is 5. The van der Waals surface area contributed by atoms with Crippen molar-refractivity contribution in [3.63, 3.8) is 0 Å². The summed E-state index contributed by atoms with van der Waals surface area (Å²) in [6.45, 7) is 6.05. The molecule has 0 saturated heterocycles. The molecule has 0 spiro atoms. The first-order valence-corrected chi connectivity index (χ1v) is 9.14. The van der Waals surface area contributed by atoms with E-state index in [9.17, 15) is 0 Å². The van der Waals surface area contributed by atoms with Crippen molar-refractivity contribution < 1.29 is 0 Å². The van der Waals surface area contributed by atoms with E-state index in [0.29, 0.717) is 0 Å². The number of para-hydroxylation sites is 1. The number of fused-ring (bicyclic) bond motifs is 1. The standard InChI is InChI=1S/C20H24N6/c1-14(16-12-22-26(13-16)17-6-4-3-5-7-17)23-20-18-8-10-21-11-9-19(18)24-15(2)25-20/h3-7,12-14,21H,8-11H2,1-2H3,(H,23,24,25)/t14-/m0/s1. The number of hydrogen-bond donors (Lipinski definition) is 2. The molecule has 2 N–H and O–H groups in total. The molecule has 26 heavy (non-hydrogen) atoms. The van der Waals surface area contributed by atoms with E-state index in [1.165, 1.54) is 5.56 Å². The summed E-state index contributed by atoms with van der Waals surface area (Å²) >= 11 is 0. The molecular weight excluding hydrogens is 324 g/mol. The van der Waals surface area contributed by atoms with Gasteiger partial charge in [-0.25, -0.2) is 14.6 Å². The van der Waals surface area contributed by atoms with E-state index in [4.69, 9.17) is 0 Å². The summed E-state index contributed by atoms with van der Waals surface area (Å²) in [5, 5.41) is 11.5. The van der Waals surface area contributed by atoms with Crippen molar-refractivity contribution in [1.82, 2.24) is 25.1 Å². The molecule has 0 bridgehead atoms. The van der Waals surface area contributed by atoms with Crippen LogP contribution in [0.4, 0.5) is 5.82 Å². The summed E-state index contributed by atoms with van der Waals surface area (Å²) in [7, 11) is 0. The van der Waals surface area contributed by atoms with Crippen molar-refractivity contribution in [3.8, 4) is 5.69 Å². The molecule has 1 aromatic carbocycles. The number of nitrogens with zero attached hydrogens (tertiary/aromatic N) is 4. The molecule has 2 aromatic heterocycles. The maximum Gasteiger partial charge on any atom is 0.133 e. The quantitative estimate of drug-likeness (QED) is 0.759. The van der Waals surface area contributed by atoms with Crippen molar-refractivity contribution in [3.05, 3.63) is 65.4 Å². The zero-order valence-corrected chi connectivity index (χ0v) is 15.2. The predicted octanol–water partition coefficient (Wildman–Crippen LogP) is 2.83. The lowest BCUT2D eigenvalue weighted by atomic mass is 10.1. The lowest BCUT2D eigenvalue weighted by molar-refractivity contribution is 0.708. The monoisotopic (exact) mass is 348 g/mol. The molecule has 0 radical (unpaired) electrons. The molecule has 0 unspecified atom stereocenters. The molecule has 0 amide bonds. The minimum atomic E-state index is 0.113. The molecule has 6 heteroatoms. The molecule has 1 aliphatic heterocycles. The third kappa shape index (κ3) is 3.46. The van der Waals surface area contributed by atoms with Crippen LogP contribution in [-0.4, -0.2) is 32.8 Å². The fraction of sp³-hybridized carbons (Fsp3) is 0.350. The van der Waals surface area contributed by atoms with Crippen molar-refractivity contribution in [2.45, 2.75) is 32.7 Å². The molecule has 0 fully saturated rings. The second-order valence-corrected chi connectivity index (χ2v) is 6.71. The van der Waals surface area contributed by atoms with Crippen LogP contribution in [0.25, 0.3) is 5.69 Å². The smallest absolute Gasteiger partial charge is 0.133 e. The Morgan fingerprint density at radius 3 is 2.77 bits per heavy atom. The first-order chi connectivity index (χ1) is 12.7. The van der Waals surface area contributed by atoms with Crippen LogP contribution < -0.4 is 10.6 Å². The Morgan fingerprint density at radius 1 is 1.12 bits per heavy atom. The molecule has 1 atom stereocenters. The molecule has 0 saturated carbocycles. The Labute approximate surface area is 153 Å². The molecule has 3 aromatic rings. The lowest BCUT2D eigenvalue weighted by Crippen LogP contribution is -2.16. The Hall–Kier alpha value is -2.73. The van der Waals surface area contributed by atoms with E-state index < -0.39 is 0 Å². The first kappa shape index (κ1) is 16.7. The van der Waals surface area contributed by atoms with Gasteiger partial charge in [-0.05, 0) is 38.9 Å². The highest BCUT2D eigenvalue weighted by atomic mass is 15.3. The summed E-state index contributed by atoms with van der Waals surface area (Å²) in [6.07, 6.45) is 5.89. The Kier molecular flexibility index (Phi) is 4.67. The van der Waals surface area contributed by atoms with Gasteiger partial charge in [0, 0.05) is 30.3 Å². The van der Waals surface area contributed by atoms with E-state index in [-0.39, 0.29) is 6.04 Å². The largest absolute Gasteiger partial charge is 0.363 e. The average molecular weight is 348 g/mol. The van der Waals surface area contributed by atoms with Gasteiger partial charge < -0.3 is 10.6 Å². The van der Waals surface area contributed by atoms with Gasteiger partial charge in [-0.15, -0.1) is 0 Å². The normalized spacial score (nSPS) is 15.2. The molecule has 1 aliphatic rings. The van der Waals surface area contributed by atoms with E-state index in [2.05, 4.69) is 51.0 Å². The van der Waals surface area contributed by atoms with Crippen LogP contribution >= 0.6 is 0 Å². The zero-order chi connectivity index (χ0) is 17.9. The van der Waals surface area contributed by atoms with Crippen LogP contribution in [0.3, 0.4) is 0 Å². The zero-order valence-electron chi connectivity index (χ0n) is 15.2. The van der Waals surface area contributed by atoms with Gasteiger partial charge in [0.15, 0.2) is 0 Å². The minimum Gasteiger partial charge on any atom is -0.363 e. The first-order valence-electron chi connectivity index (χ1n) is 9.14. The summed E-state index contributed by atoms with van der Waals surface area (Å²) < 4.78 is 1.91. The van der Waals surface area contributed by atoms with Gasteiger partial charge in [0.2, 0.25) is 0 Å². The lowest BCUT2D eigenvalue weighted by Gasteiger charge is -2.18. The van der Waals surface area contributed by atoms with Crippen LogP contribution in [-0.2, 0) is 12.8 Å². The molecule has 4 rings (SSSR count). The fourth-order valence-corrected chi connectivity index (χ4v) is 3.36. The van der Waals surface area contributed by atoms with E-state index in [1.807, 2.05) is 36.0 Å². The Morgan fingerprint density at radius 2 is 1.92 bits per heavy atom. The van der Waals surface area contributed by atoms with Crippen molar-refractivity contribution in [2.75, 3.05) is 18.4 Å². The van der Waals surface area contributed by atoms with Crippen LogP contribution in [0.5, 0.6) is 0 Å². The maximum atomic E-state index is 4.68. The van der Waals surface area contributed by atoms with Gasteiger partial charge >= 0.3 is 0 Å². The molecule has 0 aliphatic carbocycles. The highest BCUT2D eigenvalue weighted by Crippen LogP contribution is 2.24. The summed E-state index contributed by atoms with van der Waals surface area (Å²) in [4.78, 5) is 9.33. The second-order valence-electron chi connectivity index (χ2n) is 6.71. The maximum absolute atomic E-state index is 4.68. The van der Waals surface area contributed by atoms with E-state index in [0.717, 1.165) is 54.5 Å². The minimum absolute atomic E-state index is 0.113. The van der Waals surface area contributed by atoms with Crippen LogP contribution in [0.1, 0.15) is 35.6 Å². The van der Waals surface area contributed by atoms with Crippen LogP contribution in [0, 0.1) is 6.92 Å². The molecule has 3 heterocycles. The van der Waals surface area contributed by atoms with Gasteiger partial charge in [0.05, 0.1) is 23.6 Å². The van der Waals surface area contributed by atoms with Gasteiger partial charge in [-0.2, -0.15) is 5.10 Å². The molecule has 134 valence electrons. The average Bonchev–Trinajstić information content (AvgIpc) is 3.03. The SMILES string of the molecule is Cc1nc2c(c(N[C@@H](C)c3cnn(-c4ccccc4)c3)n1)CCNCC2. The summed E-state index contributed by atoms with van der Waals surface area (Å²) in [5.74, 6) is 1.77. The number of benzene rings is 1. The fourth-order valence-electron chi connectivity index (χ4n) is 3.36. The van der Waals surface area contributed by atoms with Gasteiger partial charge in [-0.3, -0.25) is 0 Å². The third-order valence-electron chi connectivity index (χ3n) is 4.77. The van der Waals surface area contributed by atoms with Gasteiger partial charge in [-0.1, -0.05) is 18.2 Å². The number of aromatic nitrogens is 4. The molecular formula is C20H24N6. The van der Waals surface area contributed by atoms with E-state index >= 15 is 0 Å². The Bertz CT molecular complexity index is 887. The van der Waals surface area contributed by atoms with Crippen LogP contribution in [0.15, 0.2) is 42.7 Å². The third-order valence-corrected chi connectivity index (χ3v) is 4.77. The second kappa shape index (κ2) is 7.25. The number of rotatable bonds is 4. The summed E-state index contributed by atoms with van der Waals surface area (Å²) in [5.41, 5.74) is 4.59. The summed E-state index contributed by atoms with van der Waals surface area (Å²) in [6, 6.07) is 10.3. The van der Waals surface area contributed by atoms with Crippen molar-refractivity contribution in [2.24, 2.45) is 0 Å². The number of nitrogens with one attached hydrogen (secondary N) is 2. The van der Waals surface area contributed by atoms with Crippen LogP contribution in [0.2, 0.25) is 0 Å². The van der Waals surface area contributed by atoms with Crippen molar-refractivity contribution in [1.29, 1.82) is 0 Å². The van der Waals surface area contributed by atoms with Gasteiger partial charge in [0.25, 0.3) is 0 Å². The predicted molar refractivity (Wildman–Crippen MR) is 103 cm³/mol. The topological polar surface area (TPSA) is 67.7 Å². The highest BCUT2D eigenvalue weighted by Gasteiger charge is 2.18. The number of anilines is 1. The molecule has 6 nitrogen and oxygen atoms in total. The van der Waals surface area contributed by atoms with Crippen molar-refractivity contribution >= 4 is 5.82 Å².